The zero-order valence-electron chi connectivity index (χ0n) is 9.53. The van der Waals surface area contributed by atoms with E-state index in [4.69, 9.17) is 23.9 Å². The number of thiocarbonyl (C=S) groups is 1. The van der Waals surface area contributed by atoms with Gasteiger partial charge in [0.1, 0.15) is 0 Å². The molecular formula is C10H16N6S. The minimum atomic E-state index is 0.231. The standard InChI is InChI=1S/C10H16N6S/c1-7(13-2)14-8-4-3-5-9(6-8)16(12)10(17)15-11/h3-6,13-14H,1,11-12H2,2H3,(H,15,17). The molecule has 7 N–H and O–H groups in total. The number of hydrogen-bond acceptors (Lipinski definition) is 5. The highest BCUT2D eigenvalue weighted by Gasteiger charge is 2.06. The molecule has 0 atom stereocenters. The lowest BCUT2D eigenvalue weighted by molar-refractivity contribution is 0.978. The molecule has 0 heterocycles. The smallest absolute Gasteiger partial charge is 0.202 e. The largest absolute Gasteiger partial charge is 0.375 e. The van der Waals surface area contributed by atoms with E-state index in [1.807, 2.05) is 24.3 Å². The van der Waals surface area contributed by atoms with Gasteiger partial charge in [-0.1, -0.05) is 12.6 Å². The Morgan fingerprint density at radius 2 is 2.18 bits per heavy atom. The lowest BCUT2D eigenvalue weighted by atomic mass is 10.2. The summed E-state index contributed by atoms with van der Waals surface area (Å²) in [4.78, 5) is 0. The molecule has 0 bridgehead atoms. The first kappa shape index (κ1) is 13.2. The maximum atomic E-state index is 5.77. The van der Waals surface area contributed by atoms with Crippen molar-refractivity contribution in [3.63, 3.8) is 0 Å². The summed E-state index contributed by atoms with van der Waals surface area (Å²) in [5.74, 6) is 11.6. The summed E-state index contributed by atoms with van der Waals surface area (Å²) in [6.45, 7) is 3.77. The Bertz CT molecular complexity index is 419. The van der Waals surface area contributed by atoms with Crippen molar-refractivity contribution < 1.29 is 0 Å². The molecule has 0 radical (unpaired) electrons. The predicted octanol–water partition coefficient (Wildman–Crippen LogP) is 0.217. The van der Waals surface area contributed by atoms with Crippen molar-refractivity contribution >= 4 is 28.7 Å². The van der Waals surface area contributed by atoms with Crippen LogP contribution < -0.4 is 32.8 Å². The quantitative estimate of drug-likeness (QED) is 0.297. The van der Waals surface area contributed by atoms with Gasteiger partial charge in [-0.15, -0.1) is 0 Å². The van der Waals surface area contributed by atoms with Crippen molar-refractivity contribution in [3.8, 4) is 0 Å². The molecule has 0 unspecified atom stereocenters. The molecule has 0 aliphatic carbocycles. The van der Waals surface area contributed by atoms with Gasteiger partial charge in [0.05, 0.1) is 11.5 Å². The van der Waals surface area contributed by atoms with Crippen LogP contribution in [0.4, 0.5) is 11.4 Å². The maximum absolute atomic E-state index is 5.77. The second-order valence-electron chi connectivity index (χ2n) is 3.22. The molecule has 1 aromatic carbocycles. The summed E-state index contributed by atoms with van der Waals surface area (Å²) in [6, 6.07) is 7.38. The Morgan fingerprint density at radius 3 is 2.76 bits per heavy atom. The van der Waals surface area contributed by atoms with Crippen molar-refractivity contribution in [1.82, 2.24) is 10.7 Å². The van der Waals surface area contributed by atoms with Crippen LogP contribution in [0.3, 0.4) is 0 Å². The predicted molar refractivity (Wildman–Crippen MR) is 74.9 cm³/mol. The number of anilines is 2. The molecule has 1 rings (SSSR count). The van der Waals surface area contributed by atoms with Crippen LogP contribution in [0, 0.1) is 0 Å². The summed E-state index contributed by atoms with van der Waals surface area (Å²) < 4.78 is 0. The molecule has 0 aromatic heterocycles. The summed E-state index contributed by atoms with van der Waals surface area (Å²) in [5.41, 5.74) is 3.87. The van der Waals surface area contributed by atoms with Gasteiger partial charge >= 0.3 is 0 Å². The fourth-order valence-electron chi connectivity index (χ4n) is 1.16. The van der Waals surface area contributed by atoms with Gasteiger partial charge < -0.3 is 10.6 Å². The summed E-state index contributed by atoms with van der Waals surface area (Å²) in [7, 11) is 1.78. The van der Waals surface area contributed by atoms with Crippen LogP contribution in [-0.2, 0) is 0 Å². The van der Waals surface area contributed by atoms with Gasteiger partial charge in [0, 0.05) is 12.7 Å². The van der Waals surface area contributed by atoms with Crippen molar-refractivity contribution in [2.45, 2.75) is 0 Å². The zero-order valence-corrected chi connectivity index (χ0v) is 10.3. The van der Waals surface area contributed by atoms with Crippen molar-refractivity contribution in [1.29, 1.82) is 0 Å². The van der Waals surface area contributed by atoms with E-state index in [1.54, 1.807) is 7.05 Å². The number of nitrogens with one attached hydrogen (secondary N) is 3. The number of nitrogens with zero attached hydrogens (tertiary/aromatic N) is 1. The minimum Gasteiger partial charge on any atom is -0.375 e. The fourth-order valence-corrected chi connectivity index (χ4v) is 1.26. The number of nitrogens with two attached hydrogens (primary N) is 2. The van der Waals surface area contributed by atoms with Gasteiger partial charge in [0.15, 0.2) is 0 Å². The minimum absolute atomic E-state index is 0.231. The summed E-state index contributed by atoms with van der Waals surface area (Å²) >= 11 is 4.93. The molecule has 1 aromatic rings. The second-order valence-corrected chi connectivity index (χ2v) is 3.61. The van der Waals surface area contributed by atoms with E-state index in [1.165, 1.54) is 5.01 Å². The molecule has 6 nitrogen and oxygen atoms in total. The molecule has 0 aliphatic heterocycles. The van der Waals surface area contributed by atoms with E-state index >= 15 is 0 Å². The molecule has 0 saturated carbocycles. The van der Waals surface area contributed by atoms with Crippen molar-refractivity contribution in [3.05, 3.63) is 36.7 Å². The molecule has 92 valence electrons. The van der Waals surface area contributed by atoms with Gasteiger partial charge in [-0.05, 0) is 30.4 Å². The molecule has 0 saturated heterocycles. The number of rotatable bonds is 4. The van der Waals surface area contributed by atoms with Gasteiger partial charge in [-0.3, -0.25) is 10.4 Å². The van der Waals surface area contributed by atoms with E-state index in [-0.39, 0.29) is 5.11 Å². The average molecular weight is 252 g/mol. The summed E-state index contributed by atoms with van der Waals surface area (Å²) in [6.07, 6.45) is 0. The third-order valence-corrected chi connectivity index (χ3v) is 2.38. The fraction of sp³-hybridized carbons (Fsp3) is 0.100. The lowest BCUT2D eigenvalue weighted by Gasteiger charge is -2.19. The average Bonchev–Trinajstić information content (AvgIpc) is 2.37. The third kappa shape index (κ3) is 3.59. The maximum Gasteiger partial charge on any atom is 0.202 e. The molecule has 0 spiro atoms. The van der Waals surface area contributed by atoms with E-state index in [9.17, 15) is 0 Å². The first-order chi connectivity index (χ1) is 8.08. The Hall–Kier alpha value is -1.83. The Morgan fingerprint density at radius 1 is 1.47 bits per heavy atom. The van der Waals surface area contributed by atoms with Crippen LogP contribution in [-0.4, -0.2) is 12.2 Å². The van der Waals surface area contributed by atoms with Crippen molar-refractivity contribution in [2.75, 3.05) is 17.4 Å². The van der Waals surface area contributed by atoms with Crippen LogP contribution >= 0.6 is 12.2 Å². The van der Waals surface area contributed by atoms with E-state index < -0.39 is 0 Å². The van der Waals surface area contributed by atoms with Crippen LogP contribution in [0.2, 0.25) is 0 Å². The van der Waals surface area contributed by atoms with E-state index in [0.29, 0.717) is 11.5 Å². The molecule has 0 amide bonds. The molecule has 0 fully saturated rings. The Kier molecular flexibility index (Phi) is 4.70. The molecular weight excluding hydrogens is 236 g/mol. The van der Waals surface area contributed by atoms with Gasteiger partial charge in [-0.25, -0.2) is 11.7 Å². The highest BCUT2D eigenvalue weighted by atomic mass is 32.1. The SMILES string of the molecule is C=C(NC)Nc1cccc(N(N)C(=S)NN)c1. The lowest BCUT2D eigenvalue weighted by Crippen LogP contribution is -2.47. The van der Waals surface area contributed by atoms with Crippen LogP contribution in [0.1, 0.15) is 0 Å². The first-order valence-corrected chi connectivity index (χ1v) is 5.28. The topological polar surface area (TPSA) is 91.4 Å². The normalized spacial score (nSPS) is 9.35. The Balaban J connectivity index is 2.85. The van der Waals surface area contributed by atoms with Gasteiger partial charge in [0.25, 0.3) is 0 Å². The number of hydrazine groups is 2. The van der Waals surface area contributed by atoms with Crippen molar-refractivity contribution in [2.24, 2.45) is 11.7 Å². The monoisotopic (exact) mass is 252 g/mol. The second kappa shape index (κ2) is 6.04. The Labute approximate surface area is 106 Å². The third-order valence-electron chi connectivity index (χ3n) is 2.06. The molecule has 7 heteroatoms. The molecule has 17 heavy (non-hydrogen) atoms. The van der Waals surface area contributed by atoms with E-state index in [2.05, 4.69) is 22.6 Å². The number of hydrogen-bond donors (Lipinski definition) is 5. The van der Waals surface area contributed by atoms with Crippen LogP contribution in [0.15, 0.2) is 36.7 Å². The first-order valence-electron chi connectivity index (χ1n) is 4.87. The van der Waals surface area contributed by atoms with Gasteiger partial charge in [0.2, 0.25) is 5.11 Å². The zero-order chi connectivity index (χ0) is 12.8. The van der Waals surface area contributed by atoms with Gasteiger partial charge in [-0.2, -0.15) is 0 Å². The van der Waals surface area contributed by atoms with E-state index in [0.717, 1.165) is 5.69 Å². The highest BCUT2D eigenvalue weighted by Crippen LogP contribution is 2.18. The molecule has 0 aliphatic rings. The van der Waals surface area contributed by atoms with Crippen LogP contribution in [0.25, 0.3) is 0 Å². The summed E-state index contributed by atoms with van der Waals surface area (Å²) in [5, 5.41) is 7.46. The van der Waals surface area contributed by atoms with Crippen LogP contribution in [0.5, 0.6) is 0 Å². The highest BCUT2D eigenvalue weighted by molar-refractivity contribution is 7.80. The number of benzene rings is 1.